The normalized spacial score (nSPS) is 27.9. The Morgan fingerprint density at radius 1 is 1.17 bits per heavy atom. The number of fused-ring (bicyclic) bond motifs is 1. The summed E-state index contributed by atoms with van der Waals surface area (Å²) in [6.45, 7) is 6.31. The first-order chi connectivity index (χ1) is 8.70. The molecule has 0 N–H and O–H groups in total. The zero-order valence-electron chi connectivity index (χ0n) is 11.2. The zero-order chi connectivity index (χ0) is 13.1. The molecule has 2 rings (SSSR count). The van der Waals surface area contributed by atoms with E-state index >= 15 is 0 Å². The lowest BCUT2D eigenvalue weighted by Gasteiger charge is -2.41. The lowest BCUT2D eigenvalue weighted by Crippen LogP contribution is -2.61. The van der Waals surface area contributed by atoms with E-state index in [1.165, 1.54) is 4.90 Å². The Balaban J connectivity index is 2.16. The lowest BCUT2D eigenvalue weighted by atomic mass is 9.97. The topological polar surface area (TPSA) is 49.9 Å². The zero-order valence-corrected chi connectivity index (χ0v) is 11.2. The van der Waals surface area contributed by atoms with Gasteiger partial charge in [0.1, 0.15) is 0 Å². The van der Waals surface area contributed by atoms with Crippen molar-refractivity contribution in [3.63, 3.8) is 0 Å². The standard InChI is InChI=1S/C13H22N2O3/c1-3-5-7-15-12(16)10-8-18-9-11(10)14(6-4-2)13(15)17/h10-11H,3-9H2,1-2H3. The highest BCUT2D eigenvalue weighted by Gasteiger charge is 2.48. The van der Waals surface area contributed by atoms with Gasteiger partial charge in [0.15, 0.2) is 0 Å². The number of urea groups is 1. The molecule has 2 unspecified atom stereocenters. The molecule has 5 nitrogen and oxygen atoms in total. The molecule has 0 aromatic rings. The van der Waals surface area contributed by atoms with Crippen LogP contribution < -0.4 is 0 Å². The molecule has 0 aromatic heterocycles. The highest BCUT2D eigenvalue weighted by Crippen LogP contribution is 2.28. The maximum absolute atomic E-state index is 12.3. The number of carbonyl (C=O) groups is 2. The molecule has 0 spiro atoms. The highest BCUT2D eigenvalue weighted by atomic mass is 16.5. The molecule has 0 aliphatic carbocycles. The second-order valence-electron chi connectivity index (χ2n) is 5.03. The van der Waals surface area contributed by atoms with Gasteiger partial charge in [-0.25, -0.2) is 4.79 Å². The summed E-state index contributed by atoms with van der Waals surface area (Å²) in [7, 11) is 0. The Kier molecular flexibility index (Phi) is 4.22. The van der Waals surface area contributed by atoms with Crippen LogP contribution >= 0.6 is 0 Å². The van der Waals surface area contributed by atoms with E-state index in [1.54, 1.807) is 0 Å². The van der Waals surface area contributed by atoms with Gasteiger partial charge in [-0.2, -0.15) is 0 Å². The molecule has 2 aliphatic rings. The van der Waals surface area contributed by atoms with Crippen LogP contribution in [-0.2, 0) is 9.53 Å². The molecule has 0 bridgehead atoms. The summed E-state index contributed by atoms with van der Waals surface area (Å²) in [4.78, 5) is 27.9. The monoisotopic (exact) mass is 254 g/mol. The van der Waals surface area contributed by atoms with E-state index in [-0.39, 0.29) is 23.9 Å². The van der Waals surface area contributed by atoms with Gasteiger partial charge >= 0.3 is 6.03 Å². The number of nitrogens with zero attached hydrogens (tertiary/aromatic N) is 2. The summed E-state index contributed by atoms with van der Waals surface area (Å²) in [6.07, 6.45) is 2.76. The Bertz CT molecular complexity index is 332. The van der Waals surface area contributed by atoms with E-state index in [2.05, 4.69) is 6.92 Å². The fourth-order valence-corrected chi connectivity index (χ4v) is 2.70. The Hall–Kier alpha value is -1.10. The van der Waals surface area contributed by atoms with Crippen LogP contribution in [-0.4, -0.2) is 54.1 Å². The molecule has 102 valence electrons. The van der Waals surface area contributed by atoms with Gasteiger partial charge in [-0.05, 0) is 12.8 Å². The summed E-state index contributed by atoms with van der Waals surface area (Å²) < 4.78 is 5.40. The number of carbonyl (C=O) groups excluding carboxylic acids is 2. The van der Waals surface area contributed by atoms with Gasteiger partial charge in [-0.3, -0.25) is 9.69 Å². The van der Waals surface area contributed by atoms with Crippen molar-refractivity contribution in [2.75, 3.05) is 26.3 Å². The minimum Gasteiger partial charge on any atom is -0.378 e. The van der Waals surface area contributed by atoms with E-state index in [0.29, 0.717) is 26.3 Å². The van der Waals surface area contributed by atoms with Crippen molar-refractivity contribution < 1.29 is 14.3 Å². The van der Waals surface area contributed by atoms with Crippen LogP contribution in [0.2, 0.25) is 0 Å². The van der Waals surface area contributed by atoms with E-state index < -0.39 is 0 Å². The number of hydrogen-bond acceptors (Lipinski definition) is 3. The molecular formula is C13H22N2O3. The maximum atomic E-state index is 12.3. The van der Waals surface area contributed by atoms with Crippen LogP contribution in [0.3, 0.4) is 0 Å². The molecule has 3 amide bonds. The molecular weight excluding hydrogens is 232 g/mol. The third-order valence-electron chi connectivity index (χ3n) is 3.71. The Morgan fingerprint density at radius 2 is 1.94 bits per heavy atom. The molecule has 2 aliphatic heterocycles. The van der Waals surface area contributed by atoms with E-state index in [0.717, 1.165) is 19.3 Å². The number of rotatable bonds is 5. The molecule has 18 heavy (non-hydrogen) atoms. The van der Waals surface area contributed by atoms with E-state index in [4.69, 9.17) is 4.74 Å². The maximum Gasteiger partial charge on any atom is 0.327 e. The van der Waals surface area contributed by atoms with Crippen LogP contribution in [0.1, 0.15) is 33.1 Å². The first-order valence-corrected chi connectivity index (χ1v) is 6.90. The summed E-state index contributed by atoms with van der Waals surface area (Å²) in [6, 6.07) is -0.162. The summed E-state index contributed by atoms with van der Waals surface area (Å²) in [5, 5.41) is 0. The first-order valence-electron chi connectivity index (χ1n) is 6.90. The quantitative estimate of drug-likeness (QED) is 0.746. The van der Waals surface area contributed by atoms with Gasteiger partial charge in [-0.1, -0.05) is 20.3 Å². The van der Waals surface area contributed by atoms with E-state index in [1.807, 2.05) is 11.8 Å². The Morgan fingerprint density at radius 3 is 2.61 bits per heavy atom. The van der Waals surface area contributed by atoms with Crippen molar-refractivity contribution in [3.8, 4) is 0 Å². The summed E-state index contributed by atoms with van der Waals surface area (Å²) in [5.41, 5.74) is 0. The van der Waals surface area contributed by atoms with Gasteiger partial charge in [-0.15, -0.1) is 0 Å². The molecule has 2 saturated heterocycles. The number of ether oxygens (including phenoxy) is 1. The number of unbranched alkanes of at least 4 members (excludes halogenated alkanes) is 1. The van der Waals surface area contributed by atoms with Gasteiger partial charge < -0.3 is 9.64 Å². The first kappa shape index (κ1) is 13.3. The largest absolute Gasteiger partial charge is 0.378 e. The van der Waals surface area contributed by atoms with Crippen molar-refractivity contribution in [3.05, 3.63) is 0 Å². The van der Waals surface area contributed by atoms with Gasteiger partial charge in [0.05, 0.1) is 25.2 Å². The molecule has 2 atom stereocenters. The van der Waals surface area contributed by atoms with Crippen molar-refractivity contribution >= 4 is 11.9 Å². The summed E-state index contributed by atoms with van der Waals surface area (Å²) in [5.74, 6) is -0.186. The van der Waals surface area contributed by atoms with Crippen molar-refractivity contribution in [2.24, 2.45) is 5.92 Å². The van der Waals surface area contributed by atoms with E-state index in [9.17, 15) is 9.59 Å². The predicted molar refractivity (Wildman–Crippen MR) is 67.1 cm³/mol. The van der Waals surface area contributed by atoms with Crippen LogP contribution in [0.15, 0.2) is 0 Å². The second kappa shape index (κ2) is 5.69. The molecule has 0 aromatic carbocycles. The lowest BCUT2D eigenvalue weighted by molar-refractivity contribution is -0.137. The fraction of sp³-hybridized carbons (Fsp3) is 0.846. The molecule has 5 heteroatoms. The fourth-order valence-electron chi connectivity index (χ4n) is 2.70. The number of imide groups is 1. The van der Waals surface area contributed by atoms with Crippen LogP contribution in [0, 0.1) is 5.92 Å². The minimum absolute atomic E-state index is 0.0386. The average Bonchev–Trinajstić information content (AvgIpc) is 2.84. The molecule has 2 heterocycles. The number of amides is 3. The second-order valence-corrected chi connectivity index (χ2v) is 5.03. The van der Waals surface area contributed by atoms with Crippen LogP contribution in [0.4, 0.5) is 4.79 Å². The molecule has 0 saturated carbocycles. The highest BCUT2D eigenvalue weighted by molar-refractivity contribution is 5.99. The van der Waals surface area contributed by atoms with Gasteiger partial charge in [0.2, 0.25) is 5.91 Å². The third-order valence-corrected chi connectivity index (χ3v) is 3.71. The predicted octanol–water partition coefficient (Wildman–Crippen LogP) is 1.48. The van der Waals surface area contributed by atoms with Crippen molar-refractivity contribution in [1.29, 1.82) is 0 Å². The van der Waals surface area contributed by atoms with Crippen molar-refractivity contribution in [2.45, 2.75) is 39.2 Å². The van der Waals surface area contributed by atoms with Crippen LogP contribution in [0.25, 0.3) is 0 Å². The van der Waals surface area contributed by atoms with Gasteiger partial charge in [0, 0.05) is 13.1 Å². The smallest absolute Gasteiger partial charge is 0.327 e. The minimum atomic E-state index is -0.147. The molecule has 2 fully saturated rings. The molecule has 0 radical (unpaired) electrons. The van der Waals surface area contributed by atoms with Crippen molar-refractivity contribution in [1.82, 2.24) is 9.80 Å². The number of hydrogen-bond donors (Lipinski definition) is 0. The SMILES string of the molecule is CCCCN1C(=O)C2COCC2N(CCC)C1=O. The Labute approximate surface area is 108 Å². The average molecular weight is 254 g/mol. The van der Waals surface area contributed by atoms with Crippen LogP contribution in [0.5, 0.6) is 0 Å². The third kappa shape index (κ3) is 2.23. The summed E-state index contributed by atoms with van der Waals surface area (Å²) >= 11 is 0. The van der Waals surface area contributed by atoms with Gasteiger partial charge in [0.25, 0.3) is 0 Å².